The number of hydrogen-bond donors (Lipinski definition) is 1. The summed E-state index contributed by atoms with van der Waals surface area (Å²) in [5.41, 5.74) is 5.45. The molecule has 144 valence electrons. The molecule has 0 aromatic heterocycles. The highest BCUT2D eigenvalue weighted by Crippen LogP contribution is 2.64. The Morgan fingerprint density at radius 1 is 1.30 bits per heavy atom. The molecular formula is C19H19ClFNO3S2. The van der Waals surface area contributed by atoms with Gasteiger partial charge in [0.15, 0.2) is 9.84 Å². The SMILES string of the molecule is CCOC[C@@]1(C(N)=S)[C@H](c2cccc(F)c2)[C@@H]1S(=O)(=O)c1ccc(Cl)cc1. The van der Waals surface area contributed by atoms with Crippen molar-refractivity contribution >= 4 is 38.6 Å². The Hall–Kier alpha value is -1.54. The fourth-order valence-electron chi connectivity index (χ4n) is 3.61. The lowest BCUT2D eigenvalue weighted by molar-refractivity contribution is 0.121. The fourth-order valence-corrected chi connectivity index (χ4v) is 6.51. The molecule has 0 saturated heterocycles. The van der Waals surface area contributed by atoms with E-state index in [4.69, 9.17) is 34.3 Å². The minimum absolute atomic E-state index is 0.0488. The van der Waals surface area contributed by atoms with E-state index in [2.05, 4.69) is 0 Å². The zero-order valence-electron chi connectivity index (χ0n) is 14.6. The van der Waals surface area contributed by atoms with Crippen molar-refractivity contribution in [2.75, 3.05) is 13.2 Å². The summed E-state index contributed by atoms with van der Waals surface area (Å²) in [6.45, 7) is 2.24. The van der Waals surface area contributed by atoms with Crippen molar-refractivity contribution in [2.45, 2.75) is 23.0 Å². The van der Waals surface area contributed by atoms with Crippen molar-refractivity contribution in [2.24, 2.45) is 11.1 Å². The smallest absolute Gasteiger partial charge is 0.182 e. The van der Waals surface area contributed by atoms with Crippen LogP contribution in [0.4, 0.5) is 4.39 Å². The molecule has 8 heteroatoms. The van der Waals surface area contributed by atoms with E-state index in [1.165, 1.54) is 36.4 Å². The third kappa shape index (κ3) is 3.49. The summed E-state index contributed by atoms with van der Waals surface area (Å²) < 4.78 is 46.0. The molecule has 1 aliphatic rings. The molecule has 0 radical (unpaired) electrons. The van der Waals surface area contributed by atoms with Crippen molar-refractivity contribution in [3.8, 4) is 0 Å². The molecule has 0 amide bonds. The van der Waals surface area contributed by atoms with Crippen LogP contribution >= 0.6 is 23.8 Å². The third-order valence-electron chi connectivity index (χ3n) is 4.94. The molecule has 0 aliphatic heterocycles. The van der Waals surface area contributed by atoms with Crippen molar-refractivity contribution in [3.05, 3.63) is 64.9 Å². The monoisotopic (exact) mass is 427 g/mol. The van der Waals surface area contributed by atoms with Crippen molar-refractivity contribution in [3.63, 3.8) is 0 Å². The Morgan fingerprint density at radius 3 is 2.52 bits per heavy atom. The second kappa shape index (κ2) is 7.47. The van der Waals surface area contributed by atoms with Crippen LogP contribution in [0.5, 0.6) is 0 Å². The summed E-state index contributed by atoms with van der Waals surface area (Å²) in [5.74, 6) is -1.03. The summed E-state index contributed by atoms with van der Waals surface area (Å²) in [6.07, 6.45) is 0. The van der Waals surface area contributed by atoms with Crippen LogP contribution in [-0.2, 0) is 14.6 Å². The number of halogens is 2. The summed E-state index contributed by atoms with van der Waals surface area (Å²) in [7, 11) is -3.80. The Morgan fingerprint density at radius 2 is 1.96 bits per heavy atom. The van der Waals surface area contributed by atoms with Crippen LogP contribution in [0.2, 0.25) is 5.02 Å². The zero-order chi connectivity index (χ0) is 19.8. The van der Waals surface area contributed by atoms with Gasteiger partial charge in [0.1, 0.15) is 5.82 Å². The average Bonchev–Trinajstić information content (AvgIpc) is 3.32. The Bertz CT molecular complexity index is 965. The summed E-state index contributed by atoms with van der Waals surface area (Å²) in [4.78, 5) is 0.167. The van der Waals surface area contributed by atoms with E-state index < -0.39 is 32.2 Å². The standard InChI is InChI=1S/C19H19ClFNO3S2/c1-2-25-11-19(18(22)26)16(12-4-3-5-14(21)10-12)17(19)27(23,24)15-8-6-13(20)7-9-15/h3-10,16-17H,2,11H2,1H3,(H2,22,26)/t16-,17+,19-/m1/s1. The molecule has 0 bridgehead atoms. The van der Waals surface area contributed by atoms with Gasteiger partial charge in [-0.1, -0.05) is 36.0 Å². The van der Waals surface area contributed by atoms with Gasteiger partial charge in [-0.2, -0.15) is 0 Å². The number of hydrogen-bond acceptors (Lipinski definition) is 4. The predicted octanol–water partition coefficient (Wildman–Crippen LogP) is 3.73. The van der Waals surface area contributed by atoms with Gasteiger partial charge in [0.25, 0.3) is 0 Å². The number of benzene rings is 2. The first-order valence-electron chi connectivity index (χ1n) is 8.37. The van der Waals surface area contributed by atoms with Crippen LogP contribution in [0.1, 0.15) is 18.4 Å². The average molecular weight is 428 g/mol. The highest BCUT2D eigenvalue weighted by molar-refractivity contribution is 7.92. The molecule has 1 fully saturated rings. The fraction of sp³-hybridized carbons (Fsp3) is 0.316. The van der Waals surface area contributed by atoms with Gasteiger partial charge in [0, 0.05) is 17.5 Å². The van der Waals surface area contributed by atoms with Gasteiger partial charge in [-0.3, -0.25) is 0 Å². The minimum atomic E-state index is -3.80. The molecule has 4 nitrogen and oxygen atoms in total. The van der Waals surface area contributed by atoms with Gasteiger partial charge in [-0.05, 0) is 48.9 Å². The minimum Gasteiger partial charge on any atom is -0.393 e. The summed E-state index contributed by atoms with van der Waals surface area (Å²) >= 11 is 11.1. The molecule has 1 saturated carbocycles. The van der Waals surface area contributed by atoms with E-state index in [1.807, 2.05) is 0 Å². The van der Waals surface area contributed by atoms with E-state index in [0.29, 0.717) is 17.2 Å². The van der Waals surface area contributed by atoms with E-state index >= 15 is 0 Å². The molecule has 3 atom stereocenters. The number of sulfone groups is 1. The second-order valence-corrected chi connectivity index (χ2v) is 9.44. The van der Waals surface area contributed by atoms with Crippen LogP contribution in [-0.4, -0.2) is 31.9 Å². The van der Waals surface area contributed by atoms with Gasteiger partial charge in [-0.15, -0.1) is 0 Å². The number of ether oxygens (including phenoxy) is 1. The summed E-state index contributed by atoms with van der Waals surface area (Å²) in [6, 6.07) is 11.8. The first kappa shape index (κ1) is 20.2. The first-order valence-corrected chi connectivity index (χ1v) is 10.7. The highest BCUT2D eigenvalue weighted by Gasteiger charge is 2.73. The van der Waals surface area contributed by atoms with Gasteiger partial charge >= 0.3 is 0 Å². The molecular weight excluding hydrogens is 409 g/mol. The van der Waals surface area contributed by atoms with Gasteiger partial charge in [-0.25, -0.2) is 12.8 Å². The molecule has 0 spiro atoms. The van der Waals surface area contributed by atoms with E-state index in [1.54, 1.807) is 19.1 Å². The van der Waals surface area contributed by atoms with Crippen molar-refractivity contribution in [1.29, 1.82) is 0 Å². The van der Waals surface area contributed by atoms with E-state index in [-0.39, 0.29) is 16.5 Å². The third-order valence-corrected chi connectivity index (χ3v) is 7.87. The topological polar surface area (TPSA) is 69.4 Å². The number of rotatable bonds is 7. The maximum Gasteiger partial charge on any atom is 0.182 e. The van der Waals surface area contributed by atoms with Crippen molar-refractivity contribution in [1.82, 2.24) is 0 Å². The van der Waals surface area contributed by atoms with Crippen LogP contribution in [0.15, 0.2) is 53.4 Å². The van der Waals surface area contributed by atoms with Gasteiger partial charge in [0.05, 0.1) is 27.2 Å². The van der Waals surface area contributed by atoms with E-state index in [9.17, 15) is 12.8 Å². The molecule has 2 aromatic carbocycles. The normalized spacial score (nSPS) is 24.6. The zero-order valence-corrected chi connectivity index (χ0v) is 17.0. The van der Waals surface area contributed by atoms with Crippen LogP contribution in [0.3, 0.4) is 0 Å². The second-order valence-electron chi connectivity index (χ2n) is 6.49. The first-order chi connectivity index (χ1) is 12.7. The molecule has 0 unspecified atom stereocenters. The maximum absolute atomic E-state index is 13.8. The highest BCUT2D eigenvalue weighted by atomic mass is 35.5. The predicted molar refractivity (Wildman–Crippen MR) is 107 cm³/mol. The molecule has 2 aromatic rings. The molecule has 1 aliphatic carbocycles. The lowest BCUT2D eigenvalue weighted by Gasteiger charge is -2.17. The Labute approximate surface area is 168 Å². The number of nitrogens with two attached hydrogens (primary N) is 1. The van der Waals surface area contributed by atoms with E-state index in [0.717, 1.165) is 0 Å². The van der Waals surface area contributed by atoms with Gasteiger partial charge in [0.2, 0.25) is 0 Å². The molecule has 0 heterocycles. The summed E-state index contributed by atoms with van der Waals surface area (Å²) in [5, 5.41) is -0.502. The lowest BCUT2D eigenvalue weighted by atomic mass is 10.00. The van der Waals surface area contributed by atoms with Crippen molar-refractivity contribution < 1.29 is 17.5 Å². The Kier molecular flexibility index (Phi) is 5.59. The lowest BCUT2D eigenvalue weighted by Crippen LogP contribution is -2.33. The maximum atomic E-state index is 13.8. The molecule has 2 N–H and O–H groups in total. The molecule has 3 rings (SSSR count). The van der Waals surface area contributed by atoms with Crippen LogP contribution in [0, 0.1) is 11.2 Å². The molecule has 27 heavy (non-hydrogen) atoms. The Balaban J connectivity index is 2.12. The number of thiocarbonyl (C=S) groups is 1. The van der Waals surface area contributed by atoms with Crippen LogP contribution < -0.4 is 5.73 Å². The largest absolute Gasteiger partial charge is 0.393 e. The quantitative estimate of drug-likeness (QED) is 0.682. The van der Waals surface area contributed by atoms with Crippen LogP contribution in [0.25, 0.3) is 0 Å². The van der Waals surface area contributed by atoms with Gasteiger partial charge < -0.3 is 10.5 Å².